The van der Waals surface area contributed by atoms with Crippen molar-refractivity contribution in [3.8, 4) is 5.75 Å². The average molecular weight is 338 g/mol. The van der Waals surface area contributed by atoms with Crippen LogP contribution >= 0.6 is 0 Å². The Morgan fingerprint density at radius 3 is 2.88 bits per heavy atom. The van der Waals surface area contributed by atoms with Gasteiger partial charge in [-0.3, -0.25) is 9.88 Å². The molecular formula is C21H26N2O2. The molecule has 2 bridgehead atoms. The minimum Gasteiger partial charge on any atom is -0.497 e. The molecule has 132 valence electrons. The topological polar surface area (TPSA) is 34.6 Å². The van der Waals surface area contributed by atoms with Crippen LogP contribution in [-0.4, -0.2) is 43.2 Å². The molecule has 3 aliphatic heterocycles. The molecule has 5 atom stereocenters. The second-order valence-corrected chi connectivity index (χ2v) is 7.19. The van der Waals surface area contributed by atoms with Crippen LogP contribution in [0.25, 0.3) is 10.9 Å². The van der Waals surface area contributed by atoms with Gasteiger partial charge in [-0.15, -0.1) is 6.58 Å². The molecule has 0 spiro atoms. The van der Waals surface area contributed by atoms with E-state index in [-0.39, 0.29) is 6.10 Å². The summed E-state index contributed by atoms with van der Waals surface area (Å²) < 4.78 is 11.5. The average Bonchev–Trinajstić information content (AvgIpc) is 2.68. The summed E-state index contributed by atoms with van der Waals surface area (Å²) in [5, 5.41) is 1.12. The van der Waals surface area contributed by atoms with Gasteiger partial charge in [0.05, 0.1) is 18.7 Å². The largest absolute Gasteiger partial charge is 0.497 e. The number of benzene rings is 1. The number of hydrogen-bond acceptors (Lipinski definition) is 4. The van der Waals surface area contributed by atoms with Gasteiger partial charge in [-0.05, 0) is 61.1 Å². The van der Waals surface area contributed by atoms with E-state index in [1.165, 1.54) is 18.4 Å². The highest BCUT2D eigenvalue weighted by molar-refractivity contribution is 5.84. The van der Waals surface area contributed by atoms with Gasteiger partial charge in [-0.1, -0.05) is 6.08 Å². The number of ether oxygens (including phenoxy) is 2. The lowest BCUT2D eigenvalue weighted by molar-refractivity contribution is -0.0601. The van der Waals surface area contributed by atoms with Gasteiger partial charge in [0.2, 0.25) is 0 Å². The van der Waals surface area contributed by atoms with Crippen molar-refractivity contribution >= 4 is 10.9 Å². The van der Waals surface area contributed by atoms with Gasteiger partial charge in [-0.25, -0.2) is 0 Å². The monoisotopic (exact) mass is 338 g/mol. The molecule has 0 N–H and O–H groups in total. The summed E-state index contributed by atoms with van der Waals surface area (Å²) in [6.45, 7) is 6.29. The van der Waals surface area contributed by atoms with Crippen molar-refractivity contribution in [3.05, 3.63) is 48.7 Å². The molecule has 0 aliphatic carbocycles. The first-order valence-electron chi connectivity index (χ1n) is 9.07. The highest BCUT2D eigenvalue weighted by Gasteiger charge is 2.42. The quantitative estimate of drug-likeness (QED) is 0.776. The Morgan fingerprint density at radius 2 is 2.20 bits per heavy atom. The lowest BCUT2D eigenvalue weighted by Gasteiger charge is -2.51. The van der Waals surface area contributed by atoms with Crippen LogP contribution < -0.4 is 4.74 Å². The summed E-state index contributed by atoms with van der Waals surface area (Å²) in [6, 6.07) is 8.57. The number of rotatable bonds is 5. The molecule has 2 aromatic rings. The zero-order valence-corrected chi connectivity index (χ0v) is 15.0. The highest BCUT2D eigenvalue weighted by Crippen LogP contribution is 2.43. The van der Waals surface area contributed by atoms with Gasteiger partial charge >= 0.3 is 0 Å². The van der Waals surface area contributed by atoms with Crippen molar-refractivity contribution < 1.29 is 9.47 Å². The van der Waals surface area contributed by atoms with Crippen molar-refractivity contribution in [2.75, 3.05) is 27.3 Å². The number of pyridine rings is 1. The van der Waals surface area contributed by atoms with Crippen LogP contribution in [0.5, 0.6) is 5.75 Å². The fourth-order valence-corrected chi connectivity index (χ4v) is 4.71. The third-order valence-corrected chi connectivity index (χ3v) is 6.05. The van der Waals surface area contributed by atoms with Crippen LogP contribution in [0.4, 0.5) is 0 Å². The van der Waals surface area contributed by atoms with Gasteiger partial charge in [0.15, 0.2) is 0 Å². The Kier molecular flexibility index (Phi) is 4.48. The molecule has 1 aromatic carbocycles. The molecule has 3 unspecified atom stereocenters. The Bertz CT molecular complexity index is 776. The minimum absolute atomic E-state index is 0.0474. The van der Waals surface area contributed by atoms with Crippen molar-refractivity contribution in [3.63, 3.8) is 0 Å². The first-order chi connectivity index (χ1) is 12.2. The summed E-state index contributed by atoms with van der Waals surface area (Å²) in [4.78, 5) is 7.10. The maximum atomic E-state index is 6.04. The fraction of sp³-hybridized carbons (Fsp3) is 0.476. The van der Waals surface area contributed by atoms with E-state index in [0.717, 1.165) is 35.7 Å². The maximum absolute atomic E-state index is 6.04. The highest BCUT2D eigenvalue weighted by atomic mass is 16.5. The third-order valence-electron chi connectivity index (χ3n) is 6.05. The predicted molar refractivity (Wildman–Crippen MR) is 99.8 cm³/mol. The molecule has 3 saturated heterocycles. The van der Waals surface area contributed by atoms with Crippen LogP contribution in [0.1, 0.15) is 24.5 Å². The zero-order chi connectivity index (χ0) is 17.4. The van der Waals surface area contributed by atoms with Gasteiger partial charge in [-0.2, -0.15) is 0 Å². The lowest BCUT2D eigenvalue weighted by Crippen LogP contribution is -2.55. The molecule has 3 aliphatic rings. The van der Waals surface area contributed by atoms with E-state index in [1.807, 2.05) is 25.4 Å². The van der Waals surface area contributed by atoms with E-state index in [0.29, 0.717) is 12.0 Å². The number of piperidine rings is 3. The van der Waals surface area contributed by atoms with E-state index >= 15 is 0 Å². The molecule has 4 nitrogen and oxygen atoms in total. The summed E-state index contributed by atoms with van der Waals surface area (Å²) in [5.41, 5.74) is 2.19. The predicted octanol–water partition coefficient (Wildman–Crippen LogP) is 3.83. The minimum atomic E-state index is 0.0474. The summed E-state index contributed by atoms with van der Waals surface area (Å²) >= 11 is 0. The molecule has 25 heavy (non-hydrogen) atoms. The van der Waals surface area contributed by atoms with Crippen molar-refractivity contribution in [1.82, 2.24) is 9.88 Å². The Morgan fingerprint density at radius 1 is 1.32 bits per heavy atom. The molecule has 3 fully saturated rings. The number of fused-ring (bicyclic) bond motifs is 4. The van der Waals surface area contributed by atoms with Gasteiger partial charge in [0, 0.05) is 31.3 Å². The number of methoxy groups -OCH3 is 2. The van der Waals surface area contributed by atoms with E-state index < -0.39 is 0 Å². The van der Waals surface area contributed by atoms with Crippen LogP contribution in [0, 0.1) is 11.8 Å². The SMILES string of the molecule is C=CC1CN2CCC1C[C@@H]2[C@@H](OC)c1ccnc2ccc(OC)cc12. The third kappa shape index (κ3) is 2.83. The second kappa shape index (κ2) is 6.77. The van der Waals surface area contributed by atoms with Crippen LogP contribution in [-0.2, 0) is 4.74 Å². The number of hydrogen-bond donors (Lipinski definition) is 0. The van der Waals surface area contributed by atoms with Crippen LogP contribution in [0.2, 0.25) is 0 Å². The first-order valence-corrected chi connectivity index (χ1v) is 9.07. The number of aromatic nitrogens is 1. The van der Waals surface area contributed by atoms with Crippen molar-refractivity contribution in [2.45, 2.75) is 25.0 Å². The Hall–Kier alpha value is -1.91. The van der Waals surface area contributed by atoms with Gasteiger partial charge in [0.25, 0.3) is 0 Å². The van der Waals surface area contributed by atoms with E-state index in [4.69, 9.17) is 9.47 Å². The lowest BCUT2D eigenvalue weighted by atomic mass is 9.73. The fourth-order valence-electron chi connectivity index (χ4n) is 4.71. The van der Waals surface area contributed by atoms with Crippen molar-refractivity contribution in [2.24, 2.45) is 11.8 Å². The molecule has 4 heteroatoms. The zero-order valence-electron chi connectivity index (χ0n) is 15.0. The van der Waals surface area contributed by atoms with E-state index in [2.05, 4.69) is 34.7 Å². The molecule has 1 aromatic heterocycles. The normalized spacial score (nSPS) is 29.5. The van der Waals surface area contributed by atoms with E-state index in [9.17, 15) is 0 Å². The van der Waals surface area contributed by atoms with Crippen LogP contribution in [0.3, 0.4) is 0 Å². The second-order valence-electron chi connectivity index (χ2n) is 7.19. The van der Waals surface area contributed by atoms with Crippen molar-refractivity contribution in [1.29, 1.82) is 0 Å². The summed E-state index contributed by atoms with van der Waals surface area (Å²) in [7, 11) is 3.53. The molecule has 5 rings (SSSR count). The standard InChI is InChI=1S/C21H26N2O2/c1-4-14-13-23-10-8-15(14)11-20(23)21(25-3)17-7-9-22-19-6-5-16(24-2)12-18(17)19/h4-7,9,12,14-15,20-21H,1,8,10-11,13H2,2-3H3/t14?,15?,20-,21+/m1/s1. The maximum Gasteiger partial charge on any atom is 0.119 e. The first kappa shape index (κ1) is 16.6. The van der Waals surface area contributed by atoms with E-state index in [1.54, 1.807) is 7.11 Å². The van der Waals surface area contributed by atoms with Gasteiger partial charge in [0.1, 0.15) is 5.75 Å². The smallest absolute Gasteiger partial charge is 0.119 e. The summed E-state index contributed by atoms with van der Waals surface area (Å²) in [5.74, 6) is 2.21. The Balaban J connectivity index is 1.72. The number of nitrogens with zero attached hydrogens (tertiary/aromatic N) is 2. The Labute approximate surface area is 149 Å². The molecule has 0 amide bonds. The van der Waals surface area contributed by atoms with Crippen LogP contribution in [0.15, 0.2) is 43.1 Å². The molecular weight excluding hydrogens is 312 g/mol. The molecule has 0 saturated carbocycles. The molecule has 0 radical (unpaired) electrons. The van der Waals surface area contributed by atoms with Gasteiger partial charge < -0.3 is 9.47 Å². The molecule has 4 heterocycles. The summed E-state index contributed by atoms with van der Waals surface area (Å²) in [6.07, 6.45) is 6.52.